The van der Waals surface area contributed by atoms with Crippen molar-refractivity contribution in [3.8, 4) is 5.75 Å². The van der Waals surface area contributed by atoms with Crippen LogP contribution in [0.25, 0.3) is 12.2 Å². The van der Waals surface area contributed by atoms with Gasteiger partial charge in [0.05, 0.1) is 17.7 Å². The molecule has 7 heteroatoms. The van der Waals surface area contributed by atoms with E-state index in [0.717, 1.165) is 11.1 Å². The van der Waals surface area contributed by atoms with Crippen molar-refractivity contribution in [1.29, 1.82) is 0 Å². The minimum absolute atomic E-state index is 0.111. The highest BCUT2D eigenvalue weighted by Gasteiger charge is 2.20. The van der Waals surface area contributed by atoms with E-state index in [-0.39, 0.29) is 17.9 Å². The second kappa shape index (κ2) is 9.36. The molecule has 150 valence electrons. The number of benzene rings is 2. The van der Waals surface area contributed by atoms with E-state index in [2.05, 4.69) is 9.71 Å². The number of para-hydroxylation sites is 1. The van der Waals surface area contributed by atoms with Gasteiger partial charge in [0.15, 0.2) is 0 Å². The maximum atomic E-state index is 13.1. The molecule has 3 aromatic rings. The second-order valence-corrected chi connectivity index (χ2v) is 7.90. The summed E-state index contributed by atoms with van der Waals surface area (Å²) in [6.45, 7) is -0.166. The average Bonchev–Trinajstić information content (AvgIpc) is 2.73. The van der Waals surface area contributed by atoms with Crippen molar-refractivity contribution in [3.63, 3.8) is 0 Å². The molecule has 2 N–H and O–H groups in total. The predicted molar refractivity (Wildman–Crippen MR) is 114 cm³/mol. The highest BCUT2D eigenvalue weighted by atomic mass is 32.2. The molecule has 0 aliphatic heterocycles. The third-order valence-corrected chi connectivity index (χ3v) is 5.77. The second-order valence-electron chi connectivity index (χ2n) is 6.25. The molecule has 1 aromatic heterocycles. The molecular formula is C22H22N2O4S. The number of anilines is 1. The van der Waals surface area contributed by atoms with E-state index in [1.165, 1.54) is 13.2 Å². The number of hydrogen-bond donors (Lipinski definition) is 2. The minimum Gasteiger partial charge on any atom is -0.497 e. The van der Waals surface area contributed by atoms with Crippen LogP contribution in [-0.4, -0.2) is 32.2 Å². The Hall–Kier alpha value is -3.16. The fourth-order valence-electron chi connectivity index (χ4n) is 2.86. The zero-order chi connectivity index (χ0) is 20.7. The lowest BCUT2D eigenvalue weighted by Crippen LogP contribution is -2.16. The van der Waals surface area contributed by atoms with Crippen LogP contribution in [0.5, 0.6) is 5.75 Å². The van der Waals surface area contributed by atoms with Crippen LogP contribution in [0, 0.1) is 0 Å². The lowest BCUT2D eigenvalue weighted by atomic mass is 10.1. The van der Waals surface area contributed by atoms with Gasteiger partial charge in [-0.05, 0) is 59.5 Å². The molecule has 0 aliphatic rings. The van der Waals surface area contributed by atoms with Crippen molar-refractivity contribution < 1.29 is 18.3 Å². The summed E-state index contributed by atoms with van der Waals surface area (Å²) >= 11 is 0. The summed E-state index contributed by atoms with van der Waals surface area (Å²) in [4.78, 5) is 4.09. The van der Waals surface area contributed by atoms with Crippen LogP contribution in [-0.2, 0) is 16.4 Å². The van der Waals surface area contributed by atoms with Gasteiger partial charge in [-0.25, -0.2) is 8.42 Å². The van der Waals surface area contributed by atoms with E-state index < -0.39 is 10.0 Å². The van der Waals surface area contributed by atoms with Crippen LogP contribution < -0.4 is 9.46 Å². The molecule has 1 heterocycles. The van der Waals surface area contributed by atoms with Crippen molar-refractivity contribution >= 4 is 27.9 Å². The Morgan fingerprint density at radius 1 is 1.07 bits per heavy atom. The van der Waals surface area contributed by atoms with Crippen LogP contribution >= 0.6 is 0 Å². The first-order chi connectivity index (χ1) is 14.0. The molecule has 3 rings (SSSR count). The molecule has 0 saturated carbocycles. The Balaban J connectivity index is 1.93. The average molecular weight is 410 g/mol. The van der Waals surface area contributed by atoms with E-state index in [4.69, 9.17) is 4.74 Å². The first-order valence-electron chi connectivity index (χ1n) is 9.01. The van der Waals surface area contributed by atoms with Gasteiger partial charge in [0.1, 0.15) is 5.75 Å². The SMILES string of the molecule is COc1ccc(S(=O)(=O)Nc2ccccc2/C=C/c2ccncc2)c(CCO)c1. The lowest BCUT2D eigenvalue weighted by Gasteiger charge is -2.14. The molecule has 2 aromatic carbocycles. The number of nitrogens with one attached hydrogen (secondary N) is 1. The summed E-state index contributed by atoms with van der Waals surface area (Å²) < 4.78 is 33.9. The molecule has 0 saturated heterocycles. The molecule has 0 unspecified atom stereocenters. The standard InChI is InChI=1S/C22H22N2O4S/c1-28-20-8-9-22(19(16-20)12-15-25)29(26,27)24-21-5-3-2-4-18(21)7-6-17-10-13-23-14-11-17/h2-11,13-14,16,24-25H,12,15H2,1H3/b7-6+. The molecule has 6 nitrogen and oxygen atoms in total. The Morgan fingerprint density at radius 2 is 1.83 bits per heavy atom. The molecule has 0 atom stereocenters. The Labute approximate surface area is 170 Å². The first-order valence-corrected chi connectivity index (χ1v) is 10.5. The molecule has 0 fully saturated rings. The smallest absolute Gasteiger partial charge is 0.262 e. The van der Waals surface area contributed by atoms with E-state index >= 15 is 0 Å². The fraction of sp³-hybridized carbons (Fsp3) is 0.136. The number of aliphatic hydroxyl groups excluding tert-OH is 1. The molecule has 0 bridgehead atoms. The number of ether oxygens (including phenoxy) is 1. The van der Waals surface area contributed by atoms with Crippen LogP contribution in [0.3, 0.4) is 0 Å². The van der Waals surface area contributed by atoms with Gasteiger partial charge < -0.3 is 9.84 Å². The third kappa shape index (κ3) is 5.22. The Kier molecular flexibility index (Phi) is 6.64. The van der Waals surface area contributed by atoms with E-state index in [0.29, 0.717) is 17.0 Å². The van der Waals surface area contributed by atoms with Crippen LogP contribution in [0.15, 0.2) is 71.9 Å². The van der Waals surface area contributed by atoms with Gasteiger partial charge in [-0.15, -0.1) is 0 Å². The quantitative estimate of drug-likeness (QED) is 0.592. The highest BCUT2D eigenvalue weighted by molar-refractivity contribution is 7.92. The number of nitrogens with zero attached hydrogens (tertiary/aromatic N) is 1. The summed E-state index contributed by atoms with van der Waals surface area (Å²) in [6, 6.07) is 15.6. The zero-order valence-electron chi connectivity index (χ0n) is 15.9. The largest absolute Gasteiger partial charge is 0.497 e. The number of hydrogen-bond acceptors (Lipinski definition) is 5. The summed E-state index contributed by atoms with van der Waals surface area (Å²) in [5.41, 5.74) is 2.64. The molecular weight excluding hydrogens is 388 g/mol. The van der Waals surface area contributed by atoms with Crippen LogP contribution in [0.4, 0.5) is 5.69 Å². The first kappa shape index (κ1) is 20.6. The van der Waals surface area contributed by atoms with Crippen molar-refractivity contribution in [2.45, 2.75) is 11.3 Å². The highest BCUT2D eigenvalue weighted by Crippen LogP contribution is 2.26. The van der Waals surface area contributed by atoms with Crippen molar-refractivity contribution in [1.82, 2.24) is 4.98 Å². The normalized spacial score (nSPS) is 11.5. The maximum Gasteiger partial charge on any atom is 0.262 e. The van der Waals surface area contributed by atoms with Gasteiger partial charge >= 0.3 is 0 Å². The third-order valence-electron chi connectivity index (χ3n) is 4.30. The van der Waals surface area contributed by atoms with Gasteiger partial charge in [0.2, 0.25) is 0 Å². The van der Waals surface area contributed by atoms with Gasteiger partial charge in [0.25, 0.3) is 10.0 Å². The Morgan fingerprint density at radius 3 is 2.55 bits per heavy atom. The topological polar surface area (TPSA) is 88.5 Å². The van der Waals surface area contributed by atoms with Gasteiger partial charge in [-0.3, -0.25) is 9.71 Å². The fourth-order valence-corrected chi connectivity index (χ4v) is 4.20. The summed E-state index contributed by atoms with van der Waals surface area (Å²) in [6.07, 6.45) is 7.33. The Bertz CT molecular complexity index is 1100. The summed E-state index contributed by atoms with van der Waals surface area (Å²) in [7, 11) is -2.35. The van der Waals surface area contributed by atoms with E-state index in [9.17, 15) is 13.5 Å². The number of aromatic nitrogens is 1. The number of methoxy groups -OCH3 is 1. The van der Waals surface area contributed by atoms with E-state index in [1.807, 2.05) is 36.4 Å². The summed E-state index contributed by atoms with van der Waals surface area (Å²) in [5, 5.41) is 9.32. The summed E-state index contributed by atoms with van der Waals surface area (Å²) in [5.74, 6) is 0.535. The number of rotatable bonds is 8. The van der Waals surface area contributed by atoms with Crippen LogP contribution in [0.2, 0.25) is 0 Å². The van der Waals surface area contributed by atoms with Gasteiger partial charge in [0, 0.05) is 19.0 Å². The number of pyridine rings is 1. The molecule has 0 radical (unpaired) electrons. The molecule has 0 spiro atoms. The van der Waals surface area contributed by atoms with Gasteiger partial charge in [-0.2, -0.15) is 0 Å². The molecule has 29 heavy (non-hydrogen) atoms. The zero-order valence-corrected chi connectivity index (χ0v) is 16.8. The van der Waals surface area contributed by atoms with Crippen molar-refractivity contribution in [2.75, 3.05) is 18.4 Å². The monoisotopic (exact) mass is 410 g/mol. The maximum absolute atomic E-state index is 13.1. The number of sulfonamides is 1. The van der Waals surface area contributed by atoms with Crippen molar-refractivity contribution in [2.24, 2.45) is 0 Å². The molecule has 0 amide bonds. The predicted octanol–water partition coefficient (Wildman–Crippen LogP) is 3.60. The van der Waals surface area contributed by atoms with Crippen LogP contribution in [0.1, 0.15) is 16.7 Å². The lowest BCUT2D eigenvalue weighted by molar-refractivity contribution is 0.298. The minimum atomic E-state index is -3.86. The van der Waals surface area contributed by atoms with E-state index in [1.54, 1.807) is 36.7 Å². The molecule has 0 aliphatic carbocycles. The number of aliphatic hydroxyl groups is 1. The van der Waals surface area contributed by atoms with Gasteiger partial charge in [-0.1, -0.05) is 30.4 Å². The van der Waals surface area contributed by atoms with Crippen molar-refractivity contribution in [3.05, 3.63) is 83.7 Å².